The van der Waals surface area contributed by atoms with Gasteiger partial charge in [0, 0.05) is 18.7 Å². The highest BCUT2D eigenvalue weighted by Crippen LogP contribution is 2.27. The minimum Gasteiger partial charge on any atom is -0.496 e. The third-order valence-corrected chi connectivity index (χ3v) is 2.26. The molecule has 0 aromatic heterocycles. The van der Waals surface area contributed by atoms with E-state index < -0.39 is 5.97 Å². The normalized spacial score (nSPS) is 8.95. The average molecular weight is 267 g/mol. The Morgan fingerprint density at radius 2 is 1.74 bits per heavy atom. The van der Waals surface area contributed by atoms with Gasteiger partial charge in [0.05, 0.1) is 14.2 Å². The standard InChI is InChI=1S/C12H15NO4.C2H6/c1-7-5-9(12(15)17-4)11(16-3)6-10(7)13-8(2)14;1-2/h5-6H,1-4H3,(H,13,14);1-2H3. The summed E-state index contributed by atoms with van der Waals surface area (Å²) in [7, 11) is 2.76. The summed E-state index contributed by atoms with van der Waals surface area (Å²) in [5.41, 5.74) is 1.71. The van der Waals surface area contributed by atoms with Crippen molar-refractivity contribution in [2.45, 2.75) is 27.7 Å². The number of carbonyl (C=O) groups excluding carboxylic acids is 2. The summed E-state index contributed by atoms with van der Waals surface area (Å²) in [6, 6.07) is 3.22. The van der Waals surface area contributed by atoms with Gasteiger partial charge in [-0.1, -0.05) is 13.8 Å². The van der Waals surface area contributed by atoms with Gasteiger partial charge in [0.1, 0.15) is 11.3 Å². The maximum absolute atomic E-state index is 11.5. The molecular formula is C14H21NO4. The molecule has 1 aromatic carbocycles. The van der Waals surface area contributed by atoms with Crippen molar-refractivity contribution in [1.82, 2.24) is 0 Å². The fourth-order valence-electron chi connectivity index (χ4n) is 1.45. The summed E-state index contributed by atoms with van der Waals surface area (Å²) in [5.74, 6) is -0.286. The fourth-order valence-corrected chi connectivity index (χ4v) is 1.45. The lowest BCUT2D eigenvalue weighted by molar-refractivity contribution is -0.114. The number of anilines is 1. The van der Waals surface area contributed by atoms with E-state index in [1.54, 1.807) is 19.1 Å². The van der Waals surface area contributed by atoms with Crippen LogP contribution in [0, 0.1) is 6.92 Å². The smallest absolute Gasteiger partial charge is 0.341 e. The average Bonchev–Trinajstić information content (AvgIpc) is 2.41. The Labute approximate surface area is 113 Å². The third kappa shape index (κ3) is 4.62. The van der Waals surface area contributed by atoms with Crippen LogP contribution in [-0.2, 0) is 9.53 Å². The van der Waals surface area contributed by atoms with Crippen molar-refractivity contribution >= 4 is 17.6 Å². The lowest BCUT2D eigenvalue weighted by atomic mass is 10.1. The molecule has 0 fully saturated rings. The molecular weight excluding hydrogens is 246 g/mol. The zero-order valence-corrected chi connectivity index (χ0v) is 12.3. The molecule has 0 saturated heterocycles. The Morgan fingerprint density at radius 3 is 2.16 bits per heavy atom. The zero-order chi connectivity index (χ0) is 15.0. The molecule has 0 spiro atoms. The molecule has 0 atom stereocenters. The Balaban J connectivity index is 0.00000154. The number of nitrogens with one attached hydrogen (secondary N) is 1. The molecule has 0 aliphatic rings. The van der Waals surface area contributed by atoms with Gasteiger partial charge in [-0.05, 0) is 18.6 Å². The van der Waals surface area contributed by atoms with Crippen molar-refractivity contribution in [1.29, 1.82) is 0 Å². The van der Waals surface area contributed by atoms with E-state index in [0.29, 0.717) is 17.0 Å². The third-order valence-electron chi connectivity index (χ3n) is 2.26. The molecule has 1 rings (SSSR count). The molecule has 0 radical (unpaired) electrons. The minimum absolute atomic E-state index is 0.180. The second-order valence-corrected chi connectivity index (χ2v) is 3.54. The summed E-state index contributed by atoms with van der Waals surface area (Å²) in [5, 5.41) is 2.66. The van der Waals surface area contributed by atoms with E-state index in [4.69, 9.17) is 4.74 Å². The van der Waals surface area contributed by atoms with Crippen LogP contribution in [0.2, 0.25) is 0 Å². The minimum atomic E-state index is -0.473. The van der Waals surface area contributed by atoms with E-state index in [-0.39, 0.29) is 5.91 Å². The topological polar surface area (TPSA) is 64.6 Å². The number of aryl methyl sites for hydroxylation is 1. The second kappa shape index (κ2) is 8.13. The molecule has 1 amide bonds. The van der Waals surface area contributed by atoms with Crippen molar-refractivity contribution in [2.24, 2.45) is 0 Å². The van der Waals surface area contributed by atoms with Crippen molar-refractivity contribution in [2.75, 3.05) is 19.5 Å². The predicted octanol–water partition coefficient (Wildman–Crippen LogP) is 2.77. The number of amides is 1. The van der Waals surface area contributed by atoms with Gasteiger partial charge >= 0.3 is 5.97 Å². The summed E-state index contributed by atoms with van der Waals surface area (Å²) in [6.07, 6.45) is 0. The van der Waals surface area contributed by atoms with Crippen LogP contribution >= 0.6 is 0 Å². The first kappa shape index (κ1) is 17.0. The molecule has 1 aromatic rings. The molecule has 1 N–H and O–H groups in total. The fraction of sp³-hybridized carbons (Fsp3) is 0.429. The highest BCUT2D eigenvalue weighted by Gasteiger charge is 2.15. The first-order chi connectivity index (χ1) is 8.99. The van der Waals surface area contributed by atoms with Gasteiger partial charge in [0.15, 0.2) is 0 Å². The van der Waals surface area contributed by atoms with Crippen molar-refractivity contribution in [3.63, 3.8) is 0 Å². The maximum Gasteiger partial charge on any atom is 0.341 e. The lowest BCUT2D eigenvalue weighted by Gasteiger charge is -2.12. The Hall–Kier alpha value is -2.04. The molecule has 0 unspecified atom stereocenters. The van der Waals surface area contributed by atoms with E-state index >= 15 is 0 Å². The first-order valence-corrected chi connectivity index (χ1v) is 6.04. The van der Waals surface area contributed by atoms with Gasteiger partial charge in [0.25, 0.3) is 0 Å². The van der Waals surface area contributed by atoms with E-state index in [0.717, 1.165) is 5.56 Å². The van der Waals surface area contributed by atoms with Gasteiger partial charge in [-0.3, -0.25) is 4.79 Å². The van der Waals surface area contributed by atoms with Gasteiger partial charge in [-0.2, -0.15) is 0 Å². The van der Waals surface area contributed by atoms with Crippen LogP contribution in [-0.4, -0.2) is 26.1 Å². The molecule has 0 bridgehead atoms. The van der Waals surface area contributed by atoms with Crippen LogP contribution in [0.5, 0.6) is 5.75 Å². The van der Waals surface area contributed by atoms with Crippen molar-refractivity contribution in [3.05, 3.63) is 23.3 Å². The highest BCUT2D eigenvalue weighted by molar-refractivity contribution is 5.95. The predicted molar refractivity (Wildman–Crippen MR) is 74.7 cm³/mol. The Bertz CT molecular complexity index is 455. The number of carbonyl (C=O) groups is 2. The molecule has 0 aliphatic heterocycles. The van der Waals surface area contributed by atoms with Crippen LogP contribution in [0.4, 0.5) is 5.69 Å². The number of methoxy groups -OCH3 is 2. The number of hydrogen-bond donors (Lipinski definition) is 1. The van der Waals surface area contributed by atoms with Crippen molar-refractivity contribution in [3.8, 4) is 5.75 Å². The summed E-state index contributed by atoms with van der Waals surface area (Å²) in [4.78, 5) is 22.5. The molecule has 19 heavy (non-hydrogen) atoms. The zero-order valence-electron chi connectivity index (χ0n) is 12.3. The number of hydrogen-bond acceptors (Lipinski definition) is 4. The van der Waals surface area contributed by atoms with Crippen LogP contribution in [0.25, 0.3) is 0 Å². The largest absolute Gasteiger partial charge is 0.496 e. The number of benzene rings is 1. The van der Waals surface area contributed by atoms with Crippen molar-refractivity contribution < 1.29 is 19.1 Å². The van der Waals surface area contributed by atoms with E-state index in [9.17, 15) is 9.59 Å². The van der Waals surface area contributed by atoms with E-state index in [1.807, 2.05) is 13.8 Å². The monoisotopic (exact) mass is 267 g/mol. The Morgan fingerprint density at radius 1 is 1.16 bits per heavy atom. The number of esters is 1. The van der Waals surface area contributed by atoms with Crippen LogP contribution in [0.3, 0.4) is 0 Å². The molecule has 0 heterocycles. The summed E-state index contributed by atoms with van der Waals surface area (Å²) in [6.45, 7) is 7.21. The first-order valence-electron chi connectivity index (χ1n) is 6.04. The molecule has 5 heteroatoms. The Kier molecular flexibility index (Phi) is 7.26. The summed E-state index contributed by atoms with van der Waals surface area (Å²) >= 11 is 0. The molecule has 0 saturated carbocycles. The SMILES string of the molecule is CC.COC(=O)c1cc(C)c(NC(C)=O)cc1OC. The van der Waals surface area contributed by atoms with Gasteiger partial charge < -0.3 is 14.8 Å². The second-order valence-electron chi connectivity index (χ2n) is 3.54. The number of rotatable bonds is 3. The highest BCUT2D eigenvalue weighted by atomic mass is 16.5. The quantitative estimate of drug-likeness (QED) is 0.855. The molecule has 106 valence electrons. The van der Waals surface area contributed by atoms with Gasteiger partial charge in [-0.15, -0.1) is 0 Å². The summed E-state index contributed by atoms with van der Waals surface area (Å²) < 4.78 is 9.74. The van der Waals surface area contributed by atoms with Crippen LogP contribution in [0.15, 0.2) is 12.1 Å². The van der Waals surface area contributed by atoms with Gasteiger partial charge in [-0.25, -0.2) is 4.79 Å². The number of ether oxygens (including phenoxy) is 2. The van der Waals surface area contributed by atoms with Crippen LogP contribution < -0.4 is 10.1 Å². The maximum atomic E-state index is 11.5. The molecule has 0 aliphatic carbocycles. The lowest BCUT2D eigenvalue weighted by Crippen LogP contribution is -2.10. The van der Waals surface area contributed by atoms with E-state index in [2.05, 4.69) is 10.1 Å². The van der Waals surface area contributed by atoms with Crippen LogP contribution in [0.1, 0.15) is 36.7 Å². The van der Waals surface area contributed by atoms with Gasteiger partial charge in [0.2, 0.25) is 5.91 Å². The van der Waals surface area contributed by atoms with E-state index in [1.165, 1.54) is 21.1 Å². The molecule has 5 nitrogen and oxygen atoms in total.